The van der Waals surface area contributed by atoms with Gasteiger partial charge in [-0.2, -0.15) is 5.06 Å². The van der Waals surface area contributed by atoms with Crippen LogP contribution in [0.5, 0.6) is 0 Å². The van der Waals surface area contributed by atoms with Gasteiger partial charge in [0.1, 0.15) is 0 Å². The van der Waals surface area contributed by atoms with Crippen LogP contribution in [0.3, 0.4) is 0 Å². The van der Waals surface area contributed by atoms with Crippen LogP contribution in [0.4, 0.5) is 5.69 Å². The maximum atomic E-state index is 11.8. The Morgan fingerprint density at radius 2 is 1.89 bits per heavy atom. The number of amides is 2. The average molecular weight is 305 g/mol. The predicted molar refractivity (Wildman–Crippen MR) is 70.4 cm³/mol. The van der Waals surface area contributed by atoms with E-state index >= 15 is 0 Å². The summed E-state index contributed by atoms with van der Waals surface area (Å²) < 4.78 is 0. The molecule has 0 spiro atoms. The quantitative estimate of drug-likeness (QED) is 0.619. The molecule has 0 atom stereocenters. The number of anilines is 1. The number of thiocarbonyl (C=S) groups is 1. The number of hydroxylamine groups is 2. The van der Waals surface area contributed by atoms with Gasteiger partial charge in [-0.15, -0.1) is 0 Å². The van der Waals surface area contributed by atoms with Crippen molar-refractivity contribution in [1.29, 1.82) is 0 Å². The van der Waals surface area contributed by atoms with E-state index in [9.17, 15) is 9.59 Å². The number of rotatable bonds is 2. The molecule has 2 amide bonds. The molecule has 5 nitrogen and oxygen atoms in total. The van der Waals surface area contributed by atoms with E-state index in [-0.39, 0.29) is 15.8 Å². The van der Waals surface area contributed by atoms with Crippen molar-refractivity contribution < 1.29 is 14.4 Å². The lowest BCUT2D eigenvalue weighted by Gasteiger charge is -2.17. The zero-order chi connectivity index (χ0) is 13.4. The molecule has 0 bridgehead atoms. The molecule has 0 N–H and O–H groups in total. The Hall–Kier alpha value is -1.21. The number of nitrogens with zero attached hydrogens (tertiary/aromatic N) is 2. The highest BCUT2D eigenvalue weighted by molar-refractivity contribution is 7.80. The number of carbonyl (C=O) groups is 2. The molecular formula is C10H6Cl2N2O3S. The fourth-order valence-corrected chi connectivity index (χ4v) is 2.18. The molecule has 94 valence electrons. The van der Waals surface area contributed by atoms with Gasteiger partial charge in [0.05, 0.1) is 17.8 Å². The van der Waals surface area contributed by atoms with Gasteiger partial charge in [0.15, 0.2) is 0 Å². The summed E-state index contributed by atoms with van der Waals surface area (Å²) in [6, 6.07) is 4.52. The summed E-state index contributed by atoms with van der Waals surface area (Å²) in [6.07, 6.45) is 0. The Balaban J connectivity index is 2.51. The van der Waals surface area contributed by atoms with Crippen LogP contribution in [0.2, 0.25) is 10.0 Å². The summed E-state index contributed by atoms with van der Waals surface area (Å²) in [6.45, 7) is 0. The van der Waals surface area contributed by atoms with Crippen molar-refractivity contribution in [2.75, 3.05) is 12.0 Å². The van der Waals surface area contributed by atoms with Crippen LogP contribution in [-0.4, -0.2) is 29.1 Å². The lowest BCUT2D eigenvalue weighted by Crippen LogP contribution is -2.32. The molecule has 8 heteroatoms. The van der Waals surface area contributed by atoms with Gasteiger partial charge in [0, 0.05) is 5.02 Å². The predicted octanol–water partition coefficient (Wildman–Crippen LogP) is 2.01. The largest absolute Gasteiger partial charge is 0.343 e. The van der Waals surface area contributed by atoms with Crippen LogP contribution in [-0.2, 0) is 14.4 Å². The maximum absolute atomic E-state index is 11.8. The summed E-state index contributed by atoms with van der Waals surface area (Å²) in [7, 11) is 1.24. The normalized spacial score (nSPS) is 15.8. The minimum absolute atomic E-state index is 0.100. The Kier molecular flexibility index (Phi) is 3.54. The van der Waals surface area contributed by atoms with Crippen LogP contribution < -0.4 is 4.90 Å². The molecule has 0 unspecified atom stereocenters. The second-order valence-electron chi connectivity index (χ2n) is 3.30. The SMILES string of the molecule is CON1C(=O)C(=O)N(c2cc(Cl)ccc2Cl)C1=S. The molecule has 0 aliphatic carbocycles. The van der Waals surface area contributed by atoms with E-state index in [1.54, 1.807) is 6.07 Å². The lowest BCUT2D eigenvalue weighted by atomic mass is 10.3. The van der Waals surface area contributed by atoms with Gasteiger partial charge in [-0.3, -0.25) is 14.4 Å². The lowest BCUT2D eigenvalue weighted by molar-refractivity contribution is -0.157. The molecule has 0 saturated carbocycles. The number of hydrogen-bond acceptors (Lipinski definition) is 4. The molecule has 18 heavy (non-hydrogen) atoms. The van der Waals surface area contributed by atoms with Crippen molar-refractivity contribution in [3.8, 4) is 0 Å². The Morgan fingerprint density at radius 1 is 1.22 bits per heavy atom. The van der Waals surface area contributed by atoms with Crippen molar-refractivity contribution in [1.82, 2.24) is 5.06 Å². The van der Waals surface area contributed by atoms with Crippen LogP contribution >= 0.6 is 35.4 Å². The molecule has 1 aromatic rings. The highest BCUT2D eigenvalue weighted by Gasteiger charge is 2.44. The fourth-order valence-electron chi connectivity index (χ4n) is 1.48. The smallest absolute Gasteiger partial charge is 0.267 e. The maximum Gasteiger partial charge on any atom is 0.343 e. The molecule has 1 aromatic carbocycles. The first-order valence-corrected chi connectivity index (χ1v) is 5.85. The zero-order valence-electron chi connectivity index (χ0n) is 9.02. The number of carbonyl (C=O) groups excluding carboxylic acids is 2. The van der Waals surface area contributed by atoms with Gasteiger partial charge < -0.3 is 0 Å². The molecule has 0 aromatic heterocycles. The number of halogens is 2. The van der Waals surface area contributed by atoms with Gasteiger partial charge in [0.2, 0.25) is 5.11 Å². The van der Waals surface area contributed by atoms with E-state index in [0.29, 0.717) is 5.02 Å². The minimum Gasteiger partial charge on any atom is -0.267 e. The van der Waals surface area contributed by atoms with E-state index in [1.807, 2.05) is 0 Å². The third-order valence-electron chi connectivity index (χ3n) is 2.27. The summed E-state index contributed by atoms with van der Waals surface area (Å²) in [5, 5.41) is 1.24. The van der Waals surface area contributed by atoms with Crippen molar-refractivity contribution in [3.05, 3.63) is 28.2 Å². The second-order valence-corrected chi connectivity index (χ2v) is 4.51. The van der Waals surface area contributed by atoms with Gasteiger partial charge >= 0.3 is 11.8 Å². The Morgan fingerprint density at radius 3 is 2.44 bits per heavy atom. The molecular weight excluding hydrogens is 299 g/mol. The van der Waals surface area contributed by atoms with Gasteiger partial charge in [-0.25, -0.2) is 4.90 Å². The first-order chi connectivity index (χ1) is 8.47. The summed E-state index contributed by atoms with van der Waals surface area (Å²) in [5.41, 5.74) is 0.243. The second kappa shape index (κ2) is 4.81. The van der Waals surface area contributed by atoms with Gasteiger partial charge in [0.25, 0.3) is 0 Å². The summed E-state index contributed by atoms with van der Waals surface area (Å²) in [5.74, 6) is -1.72. The molecule has 1 aliphatic heterocycles. The van der Waals surface area contributed by atoms with Crippen LogP contribution in [0.1, 0.15) is 0 Å². The topological polar surface area (TPSA) is 49.9 Å². The minimum atomic E-state index is -0.876. The van der Waals surface area contributed by atoms with E-state index in [0.717, 1.165) is 9.96 Å². The number of hydrogen-bond donors (Lipinski definition) is 0. The first kappa shape index (κ1) is 13.2. The van der Waals surface area contributed by atoms with Gasteiger partial charge in [-0.1, -0.05) is 23.2 Å². The van der Waals surface area contributed by atoms with Crippen molar-refractivity contribution in [3.63, 3.8) is 0 Å². The average Bonchev–Trinajstić information content (AvgIpc) is 2.54. The van der Waals surface area contributed by atoms with Crippen molar-refractivity contribution in [2.45, 2.75) is 0 Å². The van der Waals surface area contributed by atoms with Crippen LogP contribution in [0.15, 0.2) is 18.2 Å². The van der Waals surface area contributed by atoms with Crippen LogP contribution in [0, 0.1) is 0 Å². The standard InChI is InChI=1S/C10H6Cl2N2O3S/c1-17-14-9(16)8(15)13(10(14)18)7-4-5(11)2-3-6(7)12/h2-4H,1H3. The van der Waals surface area contributed by atoms with E-state index in [1.165, 1.54) is 19.2 Å². The summed E-state index contributed by atoms with van der Waals surface area (Å²) in [4.78, 5) is 29.1. The Labute approximate surface area is 118 Å². The van der Waals surface area contributed by atoms with Crippen molar-refractivity contribution >= 4 is 58.0 Å². The third-order valence-corrected chi connectivity index (χ3v) is 3.17. The highest BCUT2D eigenvalue weighted by Crippen LogP contribution is 2.32. The number of benzene rings is 1. The van der Waals surface area contributed by atoms with Crippen LogP contribution in [0.25, 0.3) is 0 Å². The molecule has 1 heterocycles. The van der Waals surface area contributed by atoms with E-state index in [2.05, 4.69) is 0 Å². The monoisotopic (exact) mass is 304 g/mol. The molecule has 1 aliphatic rings. The fraction of sp³-hybridized carbons (Fsp3) is 0.100. The Bertz CT molecular complexity index is 564. The molecule has 1 fully saturated rings. The highest BCUT2D eigenvalue weighted by atomic mass is 35.5. The molecule has 1 saturated heterocycles. The zero-order valence-corrected chi connectivity index (χ0v) is 11.3. The van der Waals surface area contributed by atoms with Crippen molar-refractivity contribution in [2.24, 2.45) is 0 Å². The van der Waals surface area contributed by atoms with E-state index in [4.69, 9.17) is 40.3 Å². The molecule has 0 radical (unpaired) electrons. The molecule has 2 rings (SSSR count). The van der Waals surface area contributed by atoms with E-state index < -0.39 is 11.8 Å². The van der Waals surface area contributed by atoms with Gasteiger partial charge in [-0.05, 0) is 30.4 Å². The summed E-state index contributed by atoms with van der Waals surface area (Å²) >= 11 is 16.8. The third kappa shape index (κ3) is 1.97. The first-order valence-electron chi connectivity index (χ1n) is 4.69.